The van der Waals surface area contributed by atoms with Crippen molar-refractivity contribution in [2.24, 2.45) is 5.92 Å². The van der Waals surface area contributed by atoms with Crippen LogP contribution in [0.25, 0.3) is 0 Å². The molecule has 1 amide bonds. The van der Waals surface area contributed by atoms with Gasteiger partial charge in [-0.1, -0.05) is 13.8 Å². The number of hydrogen-bond donors (Lipinski definition) is 2. The van der Waals surface area contributed by atoms with Gasteiger partial charge in [0.05, 0.1) is 4.92 Å². The lowest BCUT2D eigenvalue weighted by Crippen LogP contribution is -2.25. The summed E-state index contributed by atoms with van der Waals surface area (Å²) in [4.78, 5) is 21.5. The standard InChI is InChI=1S/C12H16N2O4/c1-8(2)5-6-13-12(16)9-3-4-10(14(17)18)11(15)7-9/h3-4,7-8,15H,5-6H2,1-2H3,(H,13,16). The minimum absolute atomic E-state index is 0.210. The lowest BCUT2D eigenvalue weighted by atomic mass is 10.1. The Hall–Kier alpha value is -2.11. The van der Waals surface area contributed by atoms with Gasteiger partial charge in [-0.15, -0.1) is 0 Å². The molecule has 0 aliphatic rings. The Kier molecular flexibility index (Phi) is 4.65. The van der Waals surface area contributed by atoms with Gasteiger partial charge in [0.2, 0.25) is 0 Å². The average molecular weight is 252 g/mol. The van der Waals surface area contributed by atoms with Crippen LogP contribution in [0.15, 0.2) is 18.2 Å². The molecule has 0 aromatic heterocycles. The van der Waals surface area contributed by atoms with Crippen molar-refractivity contribution >= 4 is 11.6 Å². The molecule has 1 rings (SSSR count). The molecule has 18 heavy (non-hydrogen) atoms. The van der Waals surface area contributed by atoms with Crippen molar-refractivity contribution in [3.63, 3.8) is 0 Å². The summed E-state index contributed by atoms with van der Waals surface area (Å²) < 4.78 is 0. The summed E-state index contributed by atoms with van der Waals surface area (Å²) >= 11 is 0. The highest BCUT2D eigenvalue weighted by Gasteiger charge is 2.15. The number of carbonyl (C=O) groups is 1. The number of nitro benzene ring substituents is 1. The maximum atomic E-state index is 11.7. The molecule has 0 spiro atoms. The van der Waals surface area contributed by atoms with Gasteiger partial charge in [-0.2, -0.15) is 0 Å². The molecule has 6 heteroatoms. The number of aromatic hydroxyl groups is 1. The first-order valence-corrected chi connectivity index (χ1v) is 5.67. The third-order valence-corrected chi connectivity index (χ3v) is 2.44. The van der Waals surface area contributed by atoms with E-state index < -0.39 is 16.4 Å². The summed E-state index contributed by atoms with van der Waals surface area (Å²) in [6.07, 6.45) is 0.852. The molecule has 1 aromatic carbocycles. The van der Waals surface area contributed by atoms with Crippen LogP contribution in [0.3, 0.4) is 0 Å². The molecule has 2 N–H and O–H groups in total. The second-order valence-corrected chi connectivity index (χ2v) is 4.40. The second-order valence-electron chi connectivity index (χ2n) is 4.40. The molecule has 6 nitrogen and oxygen atoms in total. The van der Waals surface area contributed by atoms with Crippen LogP contribution in [0, 0.1) is 16.0 Å². The number of rotatable bonds is 5. The molecular formula is C12H16N2O4. The highest BCUT2D eigenvalue weighted by Crippen LogP contribution is 2.26. The number of hydrogen-bond acceptors (Lipinski definition) is 4. The molecule has 0 radical (unpaired) electrons. The van der Waals surface area contributed by atoms with Gasteiger partial charge in [0, 0.05) is 18.2 Å². The second kappa shape index (κ2) is 6.00. The molecule has 0 saturated heterocycles. The van der Waals surface area contributed by atoms with E-state index in [-0.39, 0.29) is 11.5 Å². The fourth-order valence-electron chi connectivity index (χ4n) is 1.40. The van der Waals surface area contributed by atoms with Crippen molar-refractivity contribution in [3.8, 4) is 5.75 Å². The Morgan fingerprint density at radius 1 is 1.50 bits per heavy atom. The van der Waals surface area contributed by atoms with Crippen LogP contribution in [0.2, 0.25) is 0 Å². The number of nitro groups is 1. The van der Waals surface area contributed by atoms with Crippen molar-refractivity contribution in [1.29, 1.82) is 0 Å². The van der Waals surface area contributed by atoms with Crippen LogP contribution >= 0.6 is 0 Å². The van der Waals surface area contributed by atoms with Crippen molar-refractivity contribution in [2.75, 3.05) is 6.54 Å². The van der Waals surface area contributed by atoms with E-state index in [1.165, 1.54) is 6.07 Å². The van der Waals surface area contributed by atoms with E-state index in [2.05, 4.69) is 5.32 Å². The van der Waals surface area contributed by atoms with E-state index in [1.807, 2.05) is 13.8 Å². The number of nitrogens with zero attached hydrogens (tertiary/aromatic N) is 1. The topological polar surface area (TPSA) is 92.5 Å². The molecule has 98 valence electrons. The van der Waals surface area contributed by atoms with E-state index in [1.54, 1.807) is 0 Å². The van der Waals surface area contributed by atoms with Gasteiger partial charge in [0.1, 0.15) is 0 Å². The largest absolute Gasteiger partial charge is 0.502 e. The molecule has 0 atom stereocenters. The number of phenolic OH excluding ortho intramolecular Hbond substituents is 1. The smallest absolute Gasteiger partial charge is 0.310 e. The summed E-state index contributed by atoms with van der Waals surface area (Å²) in [5.41, 5.74) is -0.199. The van der Waals surface area contributed by atoms with Crippen LogP contribution in [-0.4, -0.2) is 22.5 Å². The fraction of sp³-hybridized carbons (Fsp3) is 0.417. The molecular weight excluding hydrogens is 236 g/mol. The lowest BCUT2D eigenvalue weighted by Gasteiger charge is -2.07. The van der Waals surface area contributed by atoms with Crippen molar-refractivity contribution in [2.45, 2.75) is 20.3 Å². The summed E-state index contributed by atoms with van der Waals surface area (Å²) in [5.74, 6) is -0.368. The monoisotopic (exact) mass is 252 g/mol. The predicted molar refractivity (Wildman–Crippen MR) is 66.5 cm³/mol. The number of benzene rings is 1. The molecule has 1 aromatic rings. The zero-order chi connectivity index (χ0) is 13.7. The van der Waals surface area contributed by atoms with E-state index in [0.29, 0.717) is 12.5 Å². The summed E-state index contributed by atoms with van der Waals surface area (Å²) in [6.45, 7) is 4.63. The van der Waals surface area contributed by atoms with Crippen molar-refractivity contribution in [1.82, 2.24) is 5.32 Å². The maximum Gasteiger partial charge on any atom is 0.310 e. The highest BCUT2D eigenvalue weighted by molar-refractivity contribution is 5.95. The Balaban J connectivity index is 2.70. The summed E-state index contributed by atoms with van der Waals surface area (Å²) in [5, 5.41) is 22.6. The first kappa shape index (κ1) is 14.0. The zero-order valence-electron chi connectivity index (χ0n) is 10.3. The van der Waals surface area contributed by atoms with Crippen molar-refractivity contribution in [3.05, 3.63) is 33.9 Å². The Labute approximate surface area is 105 Å². The third kappa shape index (κ3) is 3.73. The zero-order valence-corrected chi connectivity index (χ0v) is 10.3. The van der Waals surface area contributed by atoms with E-state index >= 15 is 0 Å². The quantitative estimate of drug-likeness (QED) is 0.619. The van der Waals surface area contributed by atoms with Gasteiger partial charge in [-0.05, 0) is 24.5 Å². The molecule has 0 fully saturated rings. The molecule has 0 aliphatic heterocycles. The molecule has 0 aliphatic carbocycles. The van der Waals surface area contributed by atoms with Crippen LogP contribution < -0.4 is 5.32 Å². The Morgan fingerprint density at radius 3 is 2.67 bits per heavy atom. The molecule has 0 saturated carbocycles. The van der Waals surface area contributed by atoms with Gasteiger partial charge >= 0.3 is 5.69 Å². The van der Waals surface area contributed by atoms with E-state index in [0.717, 1.165) is 18.6 Å². The van der Waals surface area contributed by atoms with Gasteiger partial charge in [0.25, 0.3) is 5.91 Å². The van der Waals surface area contributed by atoms with Crippen LogP contribution in [0.5, 0.6) is 5.75 Å². The van der Waals surface area contributed by atoms with Crippen LogP contribution in [-0.2, 0) is 0 Å². The van der Waals surface area contributed by atoms with Gasteiger partial charge in [0.15, 0.2) is 5.75 Å². The third-order valence-electron chi connectivity index (χ3n) is 2.44. The molecule has 0 bridgehead atoms. The van der Waals surface area contributed by atoms with Crippen LogP contribution in [0.1, 0.15) is 30.6 Å². The Bertz CT molecular complexity index is 457. The number of nitrogens with one attached hydrogen (secondary N) is 1. The van der Waals surface area contributed by atoms with Gasteiger partial charge < -0.3 is 10.4 Å². The number of amides is 1. The maximum absolute atomic E-state index is 11.7. The highest BCUT2D eigenvalue weighted by atomic mass is 16.6. The van der Waals surface area contributed by atoms with E-state index in [9.17, 15) is 20.0 Å². The number of carbonyl (C=O) groups excluding carboxylic acids is 1. The van der Waals surface area contributed by atoms with Crippen LogP contribution in [0.4, 0.5) is 5.69 Å². The molecule has 0 unspecified atom stereocenters. The first-order chi connectivity index (χ1) is 8.41. The SMILES string of the molecule is CC(C)CCNC(=O)c1ccc([N+](=O)[O-])c(O)c1. The molecule has 0 heterocycles. The number of phenols is 1. The minimum atomic E-state index is -0.699. The van der Waals surface area contributed by atoms with Gasteiger partial charge in [-0.3, -0.25) is 14.9 Å². The van der Waals surface area contributed by atoms with E-state index in [4.69, 9.17) is 0 Å². The average Bonchev–Trinajstić information content (AvgIpc) is 2.27. The predicted octanol–water partition coefficient (Wildman–Crippen LogP) is 2.08. The summed E-state index contributed by atoms with van der Waals surface area (Å²) in [7, 11) is 0. The van der Waals surface area contributed by atoms with Crippen molar-refractivity contribution < 1.29 is 14.8 Å². The normalized spacial score (nSPS) is 10.4. The fourth-order valence-corrected chi connectivity index (χ4v) is 1.40. The Morgan fingerprint density at radius 2 is 2.17 bits per heavy atom. The summed E-state index contributed by atoms with van der Waals surface area (Å²) in [6, 6.07) is 3.54. The minimum Gasteiger partial charge on any atom is -0.502 e. The van der Waals surface area contributed by atoms with Gasteiger partial charge in [-0.25, -0.2) is 0 Å². The first-order valence-electron chi connectivity index (χ1n) is 5.67. The lowest BCUT2D eigenvalue weighted by molar-refractivity contribution is -0.385.